The van der Waals surface area contributed by atoms with Gasteiger partial charge < -0.3 is 14.5 Å². The molecule has 3 aromatic rings. The first-order chi connectivity index (χ1) is 17.5. The molecule has 2 unspecified atom stereocenters. The number of hydrogen-bond acceptors (Lipinski definition) is 6. The van der Waals surface area contributed by atoms with Gasteiger partial charge in [0.05, 0.1) is 36.0 Å². The van der Waals surface area contributed by atoms with Crippen LogP contribution in [0.2, 0.25) is 0 Å². The standard InChI is InChI=1S/C28H32N6O2/c1-4-20(3)27(35)33-12-10-28(19-33)9-6-11-32(18-28)25-8-7-21(15-30-25)24-13-23(36-5-2)17-34-26(24)22(14-29)16-31-34/h4,7-8,13,15-17,20H,1,5-6,9-12,18-19H2,2-3H3. The van der Waals surface area contributed by atoms with E-state index in [9.17, 15) is 10.1 Å². The quantitative estimate of drug-likeness (QED) is 0.485. The lowest BCUT2D eigenvalue weighted by molar-refractivity contribution is -0.132. The van der Waals surface area contributed by atoms with Gasteiger partial charge in [0.1, 0.15) is 17.6 Å². The number of piperidine rings is 1. The number of fused-ring (bicyclic) bond motifs is 1. The Labute approximate surface area is 211 Å². The van der Waals surface area contributed by atoms with Crippen LogP contribution in [-0.4, -0.2) is 58.2 Å². The summed E-state index contributed by atoms with van der Waals surface area (Å²) in [4.78, 5) is 21.9. The molecule has 2 aliphatic heterocycles. The zero-order valence-corrected chi connectivity index (χ0v) is 21.0. The van der Waals surface area contributed by atoms with Crippen molar-refractivity contribution < 1.29 is 9.53 Å². The van der Waals surface area contributed by atoms with Gasteiger partial charge in [-0.2, -0.15) is 10.4 Å². The highest BCUT2D eigenvalue weighted by Gasteiger charge is 2.43. The molecule has 5 heterocycles. The van der Waals surface area contributed by atoms with Crippen molar-refractivity contribution in [3.8, 4) is 22.9 Å². The molecular weight excluding hydrogens is 452 g/mol. The second-order valence-corrected chi connectivity index (χ2v) is 9.95. The Morgan fingerprint density at radius 1 is 1.31 bits per heavy atom. The third-order valence-electron chi connectivity index (χ3n) is 7.56. The highest BCUT2D eigenvalue weighted by atomic mass is 16.5. The van der Waals surface area contributed by atoms with Gasteiger partial charge in [-0.1, -0.05) is 13.0 Å². The van der Waals surface area contributed by atoms with Gasteiger partial charge in [-0.3, -0.25) is 4.79 Å². The summed E-state index contributed by atoms with van der Waals surface area (Å²) in [5, 5.41) is 13.9. The van der Waals surface area contributed by atoms with Crippen molar-refractivity contribution in [3.63, 3.8) is 0 Å². The van der Waals surface area contributed by atoms with Gasteiger partial charge in [-0.25, -0.2) is 9.50 Å². The van der Waals surface area contributed by atoms with E-state index in [4.69, 9.17) is 9.72 Å². The minimum atomic E-state index is -0.140. The Balaban J connectivity index is 1.39. The average molecular weight is 485 g/mol. The van der Waals surface area contributed by atoms with E-state index in [0.29, 0.717) is 17.9 Å². The molecule has 186 valence electrons. The SMILES string of the molecule is C=CC(C)C(=O)N1CCC2(CCCN(c3ccc(-c4cc(OCC)cn5ncc(C#N)c45)cn3)C2)C1. The number of nitriles is 1. The zero-order chi connectivity index (χ0) is 25.3. The molecular formula is C28H32N6O2. The van der Waals surface area contributed by atoms with E-state index in [1.807, 2.05) is 31.0 Å². The summed E-state index contributed by atoms with van der Waals surface area (Å²) in [6.07, 6.45) is 10.2. The maximum Gasteiger partial charge on any atom is 0.229 e. The van der Waals surface area contributed by atoms with Crippen LogP contribution in [0.1, 0.15) is 38.7 Å². The van der Waals surface area contributed by atoms with Crippen LogP contribution >= 0.6 is 0 Å². The summed E-state index contributed by atoms with van der Waals surface area (Å²) in [5.74, 6) is 1.67. The molecule has 0 saturated carbocycles. The number of anilines is 1. The average Bonchev–Trinajstić information content (AvgIpc) is 3.51. The molecule has 2 aliphatic rings. The van der Waals surface area contributed by atoms with Crippen molar-refractivity contribution in [1.29, 1.82) is 5.26 Å². The van der Waals surface area contributed by atoms with E-state index in [1.165, 1.54) is 0 Å². The van der Waals surface area contributed by atoms with Crippen molar-refractivity contribution in [2.24, 2.45) is 11.3 Å². The number of hydrogen-bond donors (Lipinski definition) is 0. The first-order valence-electron chi connectivity index (χ1n) is 12.6. The molecule has 0 aromatic carbocycles. The molecule has 0 aliphatic carbocycles. The fourth-order valence-electron chi connectivity index (χ4n) is 5.63. The number of ether oxygens (including phenoxy) is 1. The van der Waals surface area contributed by atoms with E-state index in [1.54, 1.807) is 23.0 Å². The molecule has 2 atom stereocenters. The molecule has 8 heteroatoms. The minimum absolute atomic E-state index is 0.117. The Kier molecular flexibility index (Phi) is 6.40. The van der Waals surface area contributed by atoms with Gasteiger partial charge in [0.25, 0.3) is 0 Å². The zero-order valence-electron chi connectivity index (χ0n) is 21.0. The normalized spacial score (nSPS) is 20.5. The summed E-state index contributed by atoms with van der Waals surface area (Å²) >= 11 is 0. The lowest BCUT2D eigenvalue weighted by Gasteiger charge is -2.41. The smallest absolute Gasteiger partial charge is 0.229 e. The van der Waals surface area contributed by atoms with Crippen LogP contribution in [0.15, 0.2) is 49.4 Å². The molecule has 1 amide bonds. The van der Waals surface area contributed by atoms with E-state index in [0.717, 1.165) is 67.9 Å². The van der Waals surface area contributed by atoms with Crippen molar-refractivity contribution in [1.82, 2.24) is 19.5 Å². The molecule has 0 N–H and O–H groups in total. The molecule has 5 rings (SSSR count). The fourth-order valence-corrected chi connectivity index (χ4v) is 5.63. The molecule has 0 bridgehead atoms. The van der Waals surface area contributed by atoms with Crippen molar-refractivity contribution >= 4 is 17.2 Å². The molecule has 3 aromatic heterocycles. The van der Waals surface area contributed by atoms with E-state index in [2.05, 4.69) is 34.8 Å². The van der Waals surface area contributed by atoms with Gasteiger partial charge in [-0.15, -0.1) is 6.58 Å². The highest BCUT2D eigenvalue weighted by molar-refractivity contribution is 5.85. The summed E-state index contributed by atoms with van der Waals surface area (Å²) in [7, 11) is 0. The summed E-state index contributed by atoms with van der Waals surface area (Å²) in [6, 6.07) is 8.29. The molecule has 2 saturated heterocycles. The third-order valence-corrected chi connectivity index (χ3v) is 7.56. The van der Waals surface area contributed by atoms with Gasteiger partial charge in [0, 0.05) is 48.9 Å². The summed E-state index contributed by atoms with van der Waals surface area (Å²) in [6.45, 7) is 11.7. The first kappa shape index (κ1) is 23.9. The first-order valence-corrected chi connectivity index (χ1v) is 12.6. The molecule has 1 spiro atoms. The van der Waals surface area contributed by atoms with Crippen LogP contribution in [0.25, 0.3) is 16.6 Å². The molecule has 2 fully saturated rings. The fraction of sp³-hybridized carbons (Fsp3) is 0.429. The van der Waals surface area contributed by atoms with Crippen molar-refractivity contribution in [3.05, 3.63) is 55.0 Å². The minimum Gasteiger partial charge on any atom is -0.492 e. The number of aromatic nitrogens is 3. The number of nitrogens with zero attached hydrogens (tertiary/aromatic N) is 6. The molecule has 8 nitrogen and oxygen atoms in total. The maximum absolute atomic E-state index is 12.7. The number of pyridine rings is 2. The number of rotatable bonds is 6. The van der Waals surface area contributed by atoms with Crippen LogP contribution in [0.5, 0.6) is 5.75 Å². The monoisotopic (exact) mass is 484 g/mol. The predicted octanol–water partition coefficient (Wildman–Crippen LogP) is 4.31. The Morgan fingerprint density at radius 2 is 2.17 bits per heavy atom. The molecule has 0 radical (unpaired) electrons. The van der Waals surface area contributed by atoms with Crippen LogP contribution in [0.3, 0.4) is 0 Å². The van der Waals surface area contributed by atoms with E-state index < -0.39 is 0 Å². The van der Waals surface area contributed by atoms with Crippen LogP contribution < -0.4 is 9.64 Å². The van der Waals surface area contributed by atoms with Crippen LogP contribution in [0, 0.1) is 22.7 Å². The van der Waals surface area contributed by atoms with Crippen molar-refractivity contribution in [2.75, 3.05) is 37.7 Å². The van der Waals surface area contributed by atoms with Crippen LogP contribution in [-0.2, 0) is 4.79 Å². The van der Waals surface area contributed by atoms with E-state index in [-0.39, 0.29) is 17.2 Å². The number of carbonyl (C=O) groups excluding carboxylic acids is 1. The third kappa shape index (κ3) is 4.30. The Bertz CT molecular complexity index is 1320. The summed E-state index contributed by atoms with van der Waals surface area (Å²) < 4.78 is 7.43. The Morgan fingerprint density at radius 3 is 2.89 bits per heavy atom. The second kappa shape index (κ2) is 9.65. The maximum atomic E-state index is 12.7. The summed E-state index contributed by atoms with van der Waals surface area (Å²) in [5.41, 5.74) is 3.15. The number of amides is 1. The lowest BCUT2D eigenvalue weighted by Crippen LogP contribution is -2.46. The second-order valence-electron chi connectivity index (χ2n) is 9.95. The number of carbonyl (C=O) groups is 1. The van der Waals surface area contributed by atoms with Crippen LogP contribution in [0.4, 0.5) is 5.82 Å². The topological polar surface area (TPSA) is 86.8 Å². The van der Waals surface area contributed by atoms with Gasteiger partial charge in [0.2, 0.25) is 5.91 Å². The lowest BCUT2D eigenvalue weighted by atomic mass is 9.79. The van der Waals surface area contributed by atoms with Crippen molar-refractivity contribution in [2.45, 2.75) is 33.1 Å². The van der Waals surface area contributed by atoms with Gasteiger partial charge in [-0.05, 0) is 44.4 Å². The highest BCUT2D eigenvalue weighted by Crippen LogP contribution is 2.41. The van der Waals surface area contributed by atoms with Gasteiger partial charge >= 0.3 is 0 Å². The predicted molar refractivity (Wildman–Crippen MR) is 139 cm³/mol. The Hall–Kier alpha value is -3.86. The molecule has 36 heavy (non-hydrogen) atoms. The van der Waals surface area contributed by atoms with Gasteiger partial charge in [0.15, 0.2) is 0 Å². The largest absolute Gasteiger partial charge is 0.492 e. The number of likely N-dealkylation sites (tertiary alicyclic amines) is 1. The van der Waals surface area contributed by atoms with E-state index >= 15 is 0 Å².